The molecule has 0 amide bonds. The SMILES string of the molecule is CS(=O)(=O)N1CCC(Nc2ncc(-c3ccccc3)c(N)n2)CC1. The number of anilines is 2. The number of hydrogen-bond acceptors (Lipinski definition) is 6. The zero-order valence-corrected chi connectivity index (χ0v) is 14.3. The maximum atomic E-state index is 11.5. The fraction of sp³-hybridized carbons (Fsp3) is 0.375. The Balaban J connectivity index is 1.66. The van der Waals surface area contributed by atoms with Crippen molar-refractivity contribution < 1.29 is 8.42 Å². The standard InChI is InChI=1S/C16H21N5O2S/c1-24(22,23)21-9-7-13(8-10-21)19-16-18-11-14(15(17)20-16)12-5-3-2-4-6-12/h2-6,11,13H,7-10H2,1H3,(H3,17,18,19,20). The van der Waals surface area contributed by atoms with Crippen LogP contribution in [0.25, 0.3) is 11.1 Å². The predicted octanol–water partition coefficient (Wildman–Crippen LogP) is 1.56. The zero-order valence-electron chi connectivity index (χ0n) is 13.5. The molecule has 0 unspecified atom stereocenters. The first-order chi connectivity index (χ1) is 11.4. The fourth-order valence-electron chi connectivity index (χ4n) is 2.82. The van der Waals surface area contributed by atoms with Crippen molar-refractivity contribution in [3.63, 3.8) is 0 Å². The van der Waals surface area contributed by atoms with E-state index in [1.165, 1.54) is 10.6 Å². The van der Waals surface area contributed by atoms with E-state index in [9.17, 15) is 8.42 Å². The maximum Gasteiger partial charge on any atom is 0.224 e. The van der Waals surface area contributed by atoms with Crippen molar-refractivity contribution >= 4 is 21.8 Å². The number of benzene rings is 1. The summed E-state index contributed by atoms with van der Waals surface area (Å²) in [6.07, 6.45) is 4.39. The highest BCUT2D eigenvalue weighted by Gasteiger charge is 2.25. The first kappa shape index (κ1) is 16.7. The van der Waals surface area contributed by atoms with Crippen molar-refractivity contribution in [1.82, 2.24) is 14.3 Å². The Hall–Kier alpha value is -2.19. The zero-order chi connectivity index (χ0) is 17.2. The Labute approximate surface area is 142 Å². The molecule has 128 valence electrons. The van der Waals surface area contributed by atoms with Crippen LogP contribution in [0.5, 0.6) is 0 Å². The average Bonchev–Trinajstić information content (AvgIpc) is 2.55. The molecule has 0 saturated carbocycles. The van der Waals surface area contributed by atoms with Crippen LogP contribution in [-0.4, -0.2) is 48.1 Å². The average molecular weight is 347 g/mol. The van der Waals surface area contributed by atoms with Crippen LogP contribution in [-0.2, 0) is 10.0 Å². The minimum Gasteiger partial charge on any atom is -0.383 e. The molecular formula is C16H21N5O2S. The van der Waals surface area contributed by atoms with Crippen LogP contribution < -0.4 is 11.1 Å². The summed E-state index contributed by atoms with van der Waals surface area (Å²) in [5, 5.41) is 3.25. The van der Waals surface area contributed by atoms with Gasteiger partial charge in [-0.05, 0) is 18.4 Å². The van der Waals surface area contributed by atoms with Crippen molar-refractivity contribution in [2.75, 3.05) is 30.4 Å². The van der Waals surface area contributed by atoms with E-state index in [1.54, 1.807) is 6.20 Å². The third-order valence-corrected chi connectivity index (χ3v) is 5.46. The minimum atomic E-state index is -3.11. The molecule has 0 aliphatic carbocycles. The molecule has 0 atom stereocenters. The van der Waals surface area contributed by atoms with Gasteiger partial charge in [-0.1, -0.05) is 30.3 Å². The molecule has 1 fully saturated rings. The van der Waals surface area contributed by atoms with E-state index >= 15 is 0 Å². The highest BCUT2D eigenvalue weighted by Crippen LogP contribution is 2.24. The molecule has 1 aliphatic heterocycles. The number of nitrogens with one attached hydrogen (secondary N) is 1. The lowest BCUT2D eigenvalue weighted by molar-refractivity contribution is 0.331. The third-order valence-electron chi connectivity index (χ3n) is 4.16. The molecule has 3 N–H and O–H groups in total. The molecule has 0 bridgehead atoms. The van der Waals surface area contributed by atoms with Crippen LogP contribution in [0.2, 0.25) is 0 Å². The van der Waals surface area contributed by atoms with E-state index in [2.05, 4.69) is 15.3 Å². The lowest BCUT2D eigenvalue weighted by atomic mass is 10.1. The van der Waals surface area contributed by atoms with Crippen LogP contribution in [0, 0.1) is 0 Å². The highest BCUT2D eigenvalue weighted by atomic mass is 32.2. The van der Waals surface area contributed by atoms with Gasteiger partial charge >= 0.3 is 0 Å². The fourth-order valence-corrected chi connectivity index (χ4v) is 3.69. The summed E-state index contributed by atoms with van der Waals surface area (Å²) >= 11 is 0. The van der Waals surface area contributed by atoms with Gasteiger partial charge in [-0.25, -0.2) is 17.7 Å². The summed E-state index contributed by atoms with van der Waals surface area (Å²) in [5.41, 5.74) is 7.83. The third kappa shape index (κ3) is 3.82. The second kappa shape index (κ2) is 6.74. The maximum absolute atomic E-state index is 11.5. The van der Waals surface area contributed by atoms with E-state index in [-0.39, 0.29) is 6.04 Å². The van der Waals surface area contributed by atoms with Crippen LogP contribution in [0.4, 0.5) is 11.8 Å². The summed E-state index contributed by atoms with van der Waals surface area (Å²) in [6.45, 7) is 1.02. The van der Waals surface area contributed by atoms with E-state index in [1.807, 2.05) is 30.3 Å². The summed E-state index contributed by atoms with van der Waals surface area (Å²) < 4.78 is 24.6. The number of aromatic nitrogens is 2. The second-order valence-corrected chi connectivity index (χ2v) is 7.92. The smallest absolute Gasteiger partial charge is 0.224 e. The number of nitrogens with two attached hydrogens (primary N) is 1. The molecule has 7 nitrogen and oxygen atoms in total. The molecule has 1 aromatic carbocycles. The first-order valence-corrected chi connectivity index (χ1v) is 9.68. The summed E-state index contributed by atoms with van der Waals surface area (Å²) in [6, 6.07) is 9.89. The van der Waals surface area contributed by atoms with Gasteiger partial charge in [0.1, 0.15) is 5.82 Å². The van der Waals surface area contributed by atoms with Crippen LogP contribution in [0.15, 0.2) is 36.5 Å². The molecule has 0 radical (unpaired) electrons. The van der Waals surface area contributed by atoms with Gasteiger partial charge in [0.25, 0.3) is 0 Å². The molecule has 1 aliphatic rings. The molecule has 3 rings (SSSR count). The molecule has 24 heavy (non-hydrogen) atoms. The number of nitrogen functional groups attached to an aromatic ring is 1. The van der Waals surface area contributed by atoms with Crippen molar-refractivity contribution in [1.29, 1.82) is 0 Å². The van der Waals surface area contributed by atoms with Crippen molar-refractivity contribution in [3.05, 3.63) is 36.5 Å². The van der Waals surface area contributed by atoms with Crippen molar-refractivity contribution in [2.45, 2.75) is 18.9 Å². The highest BCUT2D eigenvalue weighted by molar-refractivity contribution is 7.88. The van der Waals surface area contributed by atoms with Gasteiger partial charge in [0, 0.05) is 30.9 Å². The largest absolute Gasteiger partial charge is 0.383 e. The Morgan fingerprint density at radius 2 is 1.88 bits per heavy atom. The van der Waals surface area contributed by atoms with E-state index in [0.717, 1.165) is 24.0 Å². The number of hydrogen-bond donors (Lipinski definition) is 2. The summed E-state index contributed by atoms with van der Waals surface area (Å²) in [4.78, 5) is 8.68. The number of sulfonamides is 1. The number of rotatable bonds is 4. The van der Waals surface area contributed by atoms with Gasteiger partial charge in [0.2, 0.25) is 16.0 Å². The van der Waals surface area contributed by atoms with Gasteiger partial charge in [0.05, 0.1) is 6.26 Å². The molecule has 0 spiro atoms. The normalized spacial score (nSPS) is 16.9. The quantitative estimate of drug-likeness (QED) is 0.870. The van der Waals surface area contributed by atoms with E-state index < -0.39 is 10.0 Å². The molecule has 8 heteroatoms. The van der Waals surface area contributed by atoms with Crippen LogP contribution in [0.3, 0.4) is 0 Å². The lowest BCUT2D eigenvalue weighted by Gasteiger charge is -2.30. The first-order valence-electron chi connectivity index (χ1n) is 7.83. The van der Waals surface area contributed by atoms with E-state index in [4.69, 9.17) is 5.73 Å². The molecule has 2 heterocycles. The monoisotopic (exact) mass is 347 g/mol. The summed E-state index contributed by atoms with van der Waals surface area (Å²) in [7, 11) is -3.11. The van der Waals surface area contributed by atoms with Crippen molar-refractivity contribution in [3.8, 4) is 11.1 Å². The van der Waals surface area contributed by atoms with Crippen LogP contribution >= 0.6 is 0 Å². The molecule has 1 saturated heterocycles. The van der Waals surface area contributed by atoms with Gasteiger partial charge < -0.3 is 11.1 Å². The van der Waals surface area contributed by atoms with Gasteiger partial charge in [-0.15, -0.1) is 0 Å². The Morgan fingerprint density at radius 1 is 1.21 bits per heavy atom. The van der Waals surface area contributed by atoms with Crippen molar-refractivity contribution in [2.24, 2.45) is 0 Å². The van der Waals surface area contributed by atoms with Gasteiger partial charge in [-0.2, -0.15) is 4.98 Å². The minimum absolute atomic E-state index is 0.143. The molecular weight excluding hydrogens is 326 g/mol. The lowest BCUT2D eigenvalue weighted by Crippen LogP contribution is -2.42. The molecule has 2 aromatic rings. The number of piperidine rings is 1. The van der Waals surface area contributed by atoms with Gasteiger partial charge in [0.15, 0.2) is 0 Å². The molecule has 1 aromatic heterocycles. The predicted molar refractivity (Wildman–Crippen MR) is 94.9 cm³/mol. The summed E-state index contributed by atoms with van der Waals surface area (Å²) in [5.74, 6) is 0.900. The van der Waals surface area contributed by atoms with Gasteiger partial charge in [-0.3, -0.25) is 0 Å². The Bertz CT molecular complexity index is 802. The number of nitrogens with zero attached hydrogens (tertiary/aromatic N) is 3. The van der Waals surface area contributed by atoms with E-state index in [0.29, 0.717) is 24.9 Å². The Morgan fingerprint density at radius 3 is 2.46 bits per heavy atom. The Kier molecular flexibility index (Phi) is 4.68. The van der Waals surface area contributed by atoms with Crippen LogP contribution in [0.1, 0.15) is 12.8 Å². The second-order valence-electron chi connectivity index (χ2n) is 5.94. The topological polar surface area (TPSA) is 101 Å².